The molecule has 104 valence electrons. The molecule has 0 aliphatic rings. The summed E-state index contributed by atoms with van der Waals surface area (Å²) < 4.78 is 0.693. The number of thiophene rings is 1. The molecular weight excluding hydrogens is 294 g/mol. The van der Waals surface area contributed by atoms with Crippen LogP contribution in [0.5, 0.6) is 0 Å². The Balaban J connectivity index is 1.75. The summed E-state index contributed by atoms with van der Waals surface area (Å²) in [6, 6.07) is 11.5. The fourth-order valence-electron chi connectivity index (χ4n) is 1.46. The van der Waals surface area contributed by atoms with Gasteiger partial charge in [-0.05, 0) is 31.2 Å². The highest BCUT2D eigenvalue weighted by Gasteiger charge is 1.99. The lowest BCUT2D eigenvalue weighted by Crippen LogP contribution is -2.25. The van der Waals surface area contributed by atoms with E-state index < -0.39 is 0 Å². The zero-order chi connectivity index (χ0) is 14.4. The van der Waals surface area contributed by atoms with E-state index in [1.165, 1.54) is 16.9 Å². The van der Waals surface area contributed by atoms with Gasteiger partial charge >= 0.3 is 0 Å². The van der Waals surface area contributed by atoms with Crippen molar-refractivity contribution in [3.63, 3.8) is 0 Å². The van der Waals surface area contributed by atoms with Crippen molar-refractivity contribution >= 4 is 40.7 Å². The van der Waals surface area contributed by atoms with Crippen molar-refractivity contribution in [1.29, 1.82) is 0 Å². The maximum absolute atomic E-state index is 11.6. The molecule has 2 N–H and O–H groups in total. The van der Waals surface area contributed by atoms with Crippen LogP contribution < -0.4 is 10.7 Å². The first-order valence-corrected chi connectivity index (χ1v) is 7.21. The van der Waals surface area contributed by atoms with E-state index in [1.807, 2.05) is 37.3 Å². The standard InChI is InChI=1S/C14H14ClN3OS/c1-10-2-4-11(5-3-10)16-9-14(19)18-17-8-12-6-7-13(15)20-12/h2-8,16H,9H2,1H3,(H,18,19)/b17-8-. The van der Waals surface area contributed by atoms with Crippen LogP contribution >= 0.6 is 22.9 Å². The van der Waals surface area contributed by atoms with Gasteiger partial charge in [0.05, 0.1) is 17.1 Å². The maximum Gasteiger partial charge on any atom is 0.259 e. The first-order chi connectivity index (χ1) is 9.63. The van der Waals surface area contributed by atoms with Gasteiger partial charge in [0.25, 0.3) is 5.91 Å². The zero-order valence-corrected chi connectivity index (χ0v) is 12.5. The topological polar surface area (TPSA) is 53.5 Å². The van der Waals surface area contributed by atoms with Crippen LogP contribution in [0, 0.1) is 6.92 Å². The van der Waals surface area contributed by atoms with E-state index >= 15 is 0 Å². The van der Waals surface area contributed by atoms with Gasteiger partial charge in [0.2, 0.25) is 0 Å². The third kappa shape index (κ3) is 4.68. The van der Waals surface area contributed by atoms with E-state index in [9.17, 15) is 4.79 Å². The summed E-state index contributed by atoms with van der Waals surface area (Å²) in [5.74, 6) is -0.204. The monoisotopic (exact) mass is 307 g/mol. The number of rotatable bonds is 5. The Labute approximate surface area is 126 Å². The number of carbonyl (C=O) groups excluding carboxylic acids is 1. The van der Waals surface area contributed by atoms with E-state index in [1.54, 1.807) is 12.3 Å². The van der Waals surface area contributed by atoms with Crippen LogP contribution in [0.1, 0.15) is 10.4 Å². The Hall–Kier alpha value is -1.85. The Morgan fingerprint density at radius 1 is 1.30 bits per heavy atom. The summed E-state index contributed by atoms with van der Waals surface area (Å²) in [6.45, 7) is 2.19. The van der Waals surface area contributed by atoms with Crippen molar-refractivity contribution in [2.75, 3.05) is 11.9 Å². The third-order valence-corrected chi connectivity index (χ3v) is 3.65. The number of hydrogen-bond acceptors (Lipinski definition) is 4. The summed E-state index contributed by atoms with van der Waals surface area (Å²) in [6.07, 6.45) is 1.57. The number of hydrogen-bond donors (Lipinski definition) is 2. The molecule has 20 heavy (non-hydrogen) atoms. The number of benzene rings is 1. The molecule has 0 saturated heterocycles. The Kier molecular flexibility index (Phi) is 5.15. The maximum atomic E-state index is 11.6. The second-order valence-corrected chi connectivity index (χ2v) is 5.90. The molecule has 0 atom stereocenters. The van der Waals surface area contributed by atoms with Gasteiger partial charge in [-0.1, -0.05) is 29.3 Å². The number of hydrazone groups is 1. The molecule has 2 aromatic rings. The van der Waals surface area contributed by atoms with E-state index in [-0.39, 0.29) is 12.5 Å². The molecule has 4 nitrogen and oxygen atoms in total. The molecule has 0 aliphatic carbocycles. The van der Waals surface area contributed by atoms with Gasteiger partial charge in [0.1, 0.15) is 0 Å². The molecule has 0 fully saturated rings. The molecule has 0 bridgehead atoms. The average molecular weight is 308 g/mol. The molecule has 1 amide bonds. The van der Waals surface area contributed by atoms with Crippen LogP contribution in [-0.4, -0.2) is 18.7 Å². The van der Waals surface area contributed by atoms with E-state index in [4.69, 9.17) is 11.6 Å². The molecule has 0 radical (unpaired) electrons. The average Bonchev–Trinajstić information content (AvgIpc) is 2.84. The highest BCUT2D eigenvalue weighted by atomic mass is 35.5. The minimum Gasteiger partial charge on any atom is -0.376 e. The second kappa shape index (κ2) is 7.07. The summed E-state index contributed by atoms with van der Waals surface area (Å²) in [4.78, 5) is 12.5. The molecule has 0 spiro atoms. The van der Waals surface area contributed by atoms with Gasteiger partial charge < -0.3 is 5.32 Å². The number of carbonyl (C=O) groups is 1. The Bertz CT molecular complexity index is 607. The van der Waals surface area contributed by atoms with Gasteiger partial charge in [-0.2, -0.15) is 5.10 Å². The molecule has 1 aromatic heterocycles. The first-order valence-electron chi connectivity index (χ1n) is 6.01. The van der Waals surface area contributed by atoms with E-state index in [0.29, 0.717) is 4.34 Å². The van der Waals surface area contributed by atoms with Gasteiger partial charge in [-0.25, -0.2) is 5.43 Å². The smallest absolute Gasteiger partial charge is 0.259 e. The Morgan fingerprint density at radius 2 is 2.05 bits per heavy atom. The molecule has 0 aliphatic heterocycles. The minimum atomic E-state index is -0.204. The van der Waals surface area contributed by atoms with Crippen molar-refractivity contribution in [3.8, 4) is 0 Å². The molecule has 1 aromatic carbocycles. The number of nitrogens with zero attached hydrogens (tertiary/aromatic N) is 1. The van der Waals surface area contributed by atoms with Crippen LogP contribution in [0.15, 0.2) is 41.5 Å². The number of amides is 1. The summed E-state index contributed by atoms with van der Waals surface area (Å²) in [5, 5.41) is 6.89. The fourth-order valence-corrected chi connectivity index (χ4v) is 2.39. The molecule has 1 heterocycles. The Morgan fingerprint density at radius 3 is 2.70 bits per heavy atom. The fraction of sp³-hybridized carbons (Fsp3) is 0.143. The van der Waals surface area contributed by atoms with Gasteiger partial charge in [-0.15, -0.1) is 11.3 Å². The largest absolute Gasteiger partial charge is 0.376 e. The van der Waals surface area contributed by atoms with Crippen molar-refractivity contribution in [1.82, 2.24) is 5.43 Å². The molecule has 2 rings (SSSR count). The minimum absolute atomic E-state index is 0.172. The molecule has 0 unspecified atom stereocenters. The lowest BCUT2D eigenvalue weighted by atomic mass is 10.2. The summed E-state index contributed by atoms with van der Waals surface area (Å²) in [7, 11) is 0. The SMILES string of the molecule is Cc1ccc(NCC(=O)N/N=C\c2ccc(Cl)s2)cc1. The number of halogens is 1. The van der Waals surface area contributed by atoms with E-state index in [0.717, 1.165) is 10.6 Å². The zero-order valence-electron chi connectivity index (χ0n) is 10.9. The van der Waals surface area contributed by atoms with Crippen LogP contribution in [0.4, 0.5) is 5.69 Å². The van der Waals surface area contributed by atoms with Crippen molar-refractivity contribution in [2.45, 2.75) is 6.92 Å². The van der Waals surface area contributed by atoms with Crippen molar-refractivity contribution in [3.05, 3.63) is 51.2 Å². The van der Waals surface area contributed by atoms with Crippen LogP contribution in [0.2, 0.25) is 4.34 Å². The lowest BCUT2D eigenvalue weighted by Gasteiger charge is -2.05. The number of aryl methyl sites for hydroxylation is 1. The first kappa shape index (κ1) is 14.6. The van der Waals surface area contributed by atoms with Crippen molar-refractivity contribution < 1.29 is 4.79 Å². The van der Waals surface area contributed by atoms with Gasteiger partial charge in [-0.3, -0.25) is 4.79 Å². The normalized spacial score (nSPS) is 10.7. The number of anilines is 1. The van der Waals surface area contributed by atoms with Crippen molar-refractivity contribution in [2.24, 2.45) is 5.10 Å². The number of nitrogens with one attached hydrogen (secondary N) is 2. The molecule has 0 saturated carbocycles. The third-order valence-electron chi connectivity index (χ3n) is 2.48. The van der Waals surface area contributed by atoms with Crippen LogP contribution in [0.25, 0.3) is 0 Å². The second-order valence-electron chi connectivity index (χ2n) is 4.15. The van der Waals surface area contributed by atoms with E-state index in [2.05, 4.69) is 15.8 Å². The summed E-state index contributed by atoms with van der Waals surface area (Å²) >= 11 is 7.19. The van der Waals surface area contributed by atoms with Gasteiger partial charge in [0, 0.05) is 10.6 Å². The molecule has 6 heteroatoms. The highest BCUT2D eigenvalue weighted by Crippen LogP contribution is 2.19. The van der Waals surface area contributed by atoms with Gasteiger partial charge in [0.15, 0.2) is 0 Å². The van der Waals surface area contributed by atoms with Crippen LogP contribution in [-0.2, 0) is 4.79 Å². The predicted molar refractivity (Wildman–Crippen MR) is 84.7 cm³/mol. The van der Waals surface area contributed by atoms with Crippen LogP contribution in [0.3, 0.4) is 0 Å². The molecular formula is C14H14ClN3OS. The highest BCUT2D eigenvalue weighted by molar-refractivity contribution is 7.17. The quantitative estimate of drug-likeness (QED) is 0.658. The summed E-state index contributed by atoms with van der Waals surface area (Å²) in [5.41, 5.74) is 4.54. The predicted octanol–water partition coefficient (Wildman–Crippen LogP) is 3.27. The lowest BCUT2D eigenvalue weighted by molar-refractivity contribution is -0.119.